The van der Waals surface area contributed by atoms with Crippen LogP contribution in [0.25, 0.3) is 0 Å². The van der Waals surface area contributed by atoms with E-state index in [1.807, 2.05) is 49.5 Å². The predicted octanol–water partition coefficient (Wildman–Crippen LogP) is 4.32. The van der Waals surface area contributed by atoms with Crippen molar-refractivity contribution < 1.29 is 14.3 Å². The lowest BCUT2D eigenvalue weighted by Crippen LogP contribution is -2.42. The molecule has 2 atom stereocenters. The van der Waals surface area contributed by atoms with Gasteiger partial charge in [0.2, 0.25) is 12.3 Å². The summed E-state index contributed by atoms with van der Waals surface area (Å²) in [5.74, 6) is -0.654. The second-order valence-electron chi connectivity index (χ2n) is 7.38. The standard InChI is InChI=1S/C24H19Cl2N3O2/c1-15-2-4-16(5-3-15)14-29-22(17-6-10-19(25)11-7-17)21(24(31)28-29)27-23(30)18-8-12-20(26)13-9-18/h2-14,21-22H,1H3,(H-,27,28,30,31)/p+1/b29-14-/t21-,22+/m1/s1. The molecule has 0 aliphatic carbocycles. The van der Waals surface area contributed by atoms with Gasteiger partial charge >= 0.3 is 5.91 Å². The Morgan fingerprint density at radius 2 is 1.52 bits per heavy atom. The molecule has 4 rings (SSSR count). The minimum Gasteiger partial charge on any atom is -0.334 e. The Morgan fingerprint density at radius 3 is 2.13 bits per heavy atom. The highest BCUT2D eigenvalue weighted by Gasteiger charge is 2.47. The van der Waals surface area contributed by atoms with Gasteiger partial charge in [-0.05, 0) is 55.5 Å². The van der Waals surface area contributed by atoms with E-state index in [4.69, 9.17) is 23.2 Å². The van der Waals surface area contributed by atoms with Crippen LogP contribution in [0.2, 0.25) is 10.0 Å². The zero-order chi connectivity index (χ0) is 22.0. The van der Waals surface area contributed by atoms with Crippen molar-refractivity contribution in [1.29, 1.82) is 0 Å². The van der Waals surface area contributed by atoms with Crippen LogP contribution in [0.15, 0.2) is 72.8 Å². The normalized spacial score (nSPS) is 19.3. The van der Waals surface area contributed by atoms with Gasteiger partial charge in [0.1, 0.15) is 0 Å². The summed E-state index contributed by atoms with van der Waals surface area (Å²) < 4.78 is 1.73. The Hall–Kier alpha value is -3.15. The Balaban J connectivity index is 1.69. The maximum Gasteiger partial charge on any atom is 0.304 e. The zero-order valence-corrected chi connectivity index (χ0v) is 18.2. The zero-order valence-electron chi connectivity index (χ0n) is 16.7. The molecule has 7 heteroatoms. The molecule has 0 bridgehead atoms. The van der Waals surface area contributed by atoms with Crippen molar-refractivity contribution >= 4 is 41.2 Å². The van der Waals surface area contributed by atoms with E-state index in [1.165, 1.54) is 0 Å². The van der Waals surface area contributed by atoms with E-state index < -0.39 is 12.1 Å². The van der Waals surface area contributed by atoms with Gasteiger partial charge in [0.25, 0.3) is 5.91 Å². The van der Waals surface area contributed by atoms with Gasteiger partial charge in [0, 0.05) is 26.7 Å². The van der Waals surface area contributed by atoms with Crippen molar-refractivity contribution in [3.63, 3.8) is 0 Å². The van der Waals surface area contributed by atoms with Crippen LogP contribution in [0.4, 0.5) is 0 Å². The van der Waals surface area contributed by atoms with E-state index in [2.05, 4.69) is 10.7 Å². The lowest BCUT2D eigenvalue weighted by molar-refractivity contribution is -0.596. The molecule has 0 unspecified atom stereocenters. The van der Waals surface area contributed by atoms with Gasteiger partial charge in [-0.3, -0.25) is 9.59 Å². The molecule has 31 heavy (non-hydrogen) atoms. The highest BCUT2D eigenvalue weighted by Crippen LogP contribution is 2.27. The average molecular weight is 453 g/mol. The van der Waals surface area contributed by atoms with Gasteiger partial charge in [0.15, 0.2) is 6.04 Å². The summed E-state index contributed by atoms with van der Waals surface area (Å²) in [5, 5.41) is 3.99. The first-order valence-electron chi connectivity index (χ1n) is 9.73. The summed E-state index contributed by atoms with van der Waals surface area (Å²) >= 11 is 12.0. The maximum absolute atomic E-state index is 12.9. The molecule has 3 aromatic carbocycles. The molecule has 156 valence electrons. The highest BCUT2D eigenvalue weighted by atomic mass is 35.5. The van der Waals surface area contributed by atoms with Crippen LogP contribution >= 0.6 is 23.2 Å². The summed E-state index contributed by atoms with van der Waals surface area (Å²) in [4.78, 5) is 25.7. The number of amides is 2. The van der Waals surface area contributed by atoms with E-state index in [0.29, 0.717) is 15.6 Å². The highest BCUT2D eigenvalue weighted by molar-refractivity contribution is 6.30. The smallest absolute Gasteiger partial charge is 0.304 e. The Labute approximate surface area is 190 Å². The number of carbonyl (C=O) groups is 2. The van der Waals surface area contributed by atoms with Crippen LogP contribution in [0.3, 0.4) is 0 Å². The summed E-state index contributed by atoms with van der Waals surface area (Å²) in [6, 6.07) is 20.4. The summed E-state index contributed by atoms with van der Waals surface area (Å²) in [6.45, 7) is 2.01. The number of aryl methyl sites for hydroxylation is 1. The number of carbonyl (C=O) groups excluding carboxylic acids is 2. The molecule has 0 radical (unpaired) electrons. The first-order valence-corrected chi connectivity index (χ1v) is 10.5. The van der Waals surface area contributed by atoms with Gasteiger partial charge in [-0.2, -0.15) is 0 Å². The number of hydrazone groups is 1. The quantitative estimate of drug-likeness (QED) is 0.579. The number of nitrogens with zero attached hydrogens (tertiary/aromatic N) is 1. The van der Waals surface area contributed by atoms with Crippen molar-refractivity contribution in [1.82, 2.24) is 10.7 Å². The van der Waals surface area contributed by atoms with Crippen LogP contribution in [0.5, 0.6) is 0 Å². The van der Waals surface area contributed by atoms with E-state index in [-0.39, 0.29) is 11.8 Å². The molecule has 5 nitrogen and oxygen atoms in total. The number of halogens is 2. The molecule has 0 spiro atoms. The molecule has 2 amide bonds. The van der Waals surface area contributed by atoms with Crippen LogP contribution in [0, 0.1) is 6.92 Å². The molecule has 2 N–H and O–H groups in total. The number of rotatable bonds is 4. The fourth-order valence-corrected chi connectivity index (χ4v) is 3.73. The monoisotopic (exact) mass is 452 g/mol. The third kappa shape index (κ3) is 4.79. The summed E-state index contributed by atoms with van der Waals surface area (Å²) in [5.41, 5.74) is 6.20. The lowest BCUT2D eigenvalue weighted by atomic mass is 9.99. The Kier molecular flexibility index (Phi) is 6.07. The van der Waals surface area contributed by atoms with Crippen LogP contribution < -0.4 is 10.7 Å². The number of benzene rings is 3. The minimum absolute atomic E-state index is 0.300. The Bertz CT molecular complexity index is 1140. The second-order valence-corrected chi connectivity index (χ2v) is 8.25. The number of nitrogens with one attached hydrogen (secondary N) is 2. The van der Waals surface area contributed by atoms with Gasteiger partial charge in [-0.25, -0.2) is 0 Å². The molecule has 1 saturated heterocycles. The van der Waals surface area contributed by atoms with Crippen molar-refractivity contribution in [3.05, 3.63) is 105 Å². The Morgan fingerprint density at radius 1 is 0.935 bits per heavy atom. The minimum atomic E-state index is -0.800. The molecular weight excluding hydrogens is 433 g/mol. The predicted molar refractivity (Wildman–Crippen MR) is 122 cm³/mol. The first kappa shape index (κ1) is 21.1. The van der Waals surface area contributed by atoms with Crippen molar-refractivity contribution in [3.8, 4) is 0 Å². The fraction of sp³-hybridized carbons (Fsp3) is 0.125. The van der Waals surface area contributed by atoms with E-state index in [1.54, 1.807) is 41.1 Å². The van der Waals surface area contributed by atoms with Crippen molar-refractivity contribution in [2.75, 3.05) is 0 Å². The van der Waals surface area contributed by atoms with Crippen LogP contribution in [-0.2, 0) is 4.79 Å². The lowest BCUT2D eigenvalue weighted by Gasteiger charge is -2.15. The summed E-state index contributed by atoms with van der Waals surface area (Å²) in [7, 11) is 0. The number of hydrogen-bond acceptors (Lipinski definition) is 2. The molecule has 1 aliphatic heterocycles. The second kappa shape index (κ2) is 8.92. The third-order valence-electron chi connectivity index (χ3n) is 5.11. The van der Waals surface area contributed by atoms with Crippen LogP contribution in [-0.4, -0.2) is 28.8 Å². The van der Waals surface area contributed by atoms with Gasteiger partial charge in [-0.1, -0.05) is 53.0 Å². The molecule has 0 saturated carbocycles. The maximum atomic E-state index is 12.9. The molecule has 3 aromatic rings. The topological polar surface area (TPSA) is 61.2 Å². The van der Waals surface area contributed by atoms with Crippen molar-refractivity contribution in [2.45, 2.75) is 19.0 Å². The SMILES string of the molecule is Cc1ccc(/C=[N+]2\NC(=O)[C@H](NC(=O)c3ccc(Cl)cc3)[C@@H]2c2ccc(Cl)cc2)cc1. The molecule has 0 aromatic heterocycles. The van der Waals surface area contributed by atoms with Gasteiger partial charge < -0.3 is 5.32 Å². The number of hydrazine groups is 1. The third-order valence-corrected chi connectivity index (χ3v) is 5.61. The van der Waals surface area contributed by atoms with E-state index in [0.717, 1.165) is 16.7 Å². The molecular formula is C24H20Cl2N3O2+. The largest absolute Gasteiger partial charge is 0.334 e. The van der Waals surface area contributed by atoms with Gasteiger partial charge in [-0.15, -0.1) is 10.1 Å². The fourth-order valence-electron chi connectivity index (χ4n) is 3.48. The van der Waals surface area contributed by atoms with E-state index in [9.17, 15) is 9.59 Å². The van der Waals surface area contributed by atoms with E-state index >= 15 is 0 Å². The first-order chi connectivity index (χ1) is 14.9. The molecule has 1 fully saturated rings. The number of hydrogen-bond donors (Lipinski definition) is 2. The summed E-state index contributed by atoms with van der Waals surface area (Å²) in [6.07, 6.45) is 1.85. The average Bonchev–Trinajstić information content (AvgIpc) is 3.05. The van der Waals surface area contributed by atoms with Crippen molar-refractivity contribution in [2.24, 2.45) is 0 Å². The van der Waals surface area contributed by atoms with Crippen LogP contribution in [0.1, 0.15) is 33.1 Å². The molecule has 1 heterocycles. The van der Waals surface area contributed by atoms with Gasteiger partial charge in [0.05, 0.1) is 0 Å². The molecule has 1 aliphatic rings.